The van der Waals surface area contributed by atoms with E-state index in [1.807, 2.05) is 6.92 Å². The van der Waals surface area contributed by atoms with Crippen LogP contribution in [0.3, 0.4) is 0 Å². The number of carboxylic acids is 1. The van der Waals surface area contributed by atoms with Gasteiger partial charge in [-0.1, -0.05) is 5.16 Å². The molecule has 0 aromatic carbocycles. The zero-order valence-electron chi connectivity index (χ0n) is 9.76. The van der Waals surface area contributed by atoms with Crippen LogP contribution in [-0.2, 0) is 16.1 Å². The third-order valence-electron chi connectivity index (χ3n) is 3.05. The van der Waals surface area contributed by atoms with E-state index in [2.05, 4.69) is 10.1 Å². The monoisotopic (exact) mass is 240 g/mol. The third kappa shape index (κ3) is 2.82. The highest BCUT2D eigenvalue weighted by Gasteiger charge is 2.33. The maximum absolute atomic E-state index is 10.8. The number of carboxylic acid groups (broad SMARTS) is 1. The number of carbonyl (C=O) groups is 1. The van der Waals surface area contributed by atoms with Gasteiger partial charge in [-0.15, -0.1) is 0 Å². The summed E-state index contributed by atoms with van der Waals surface area (Å²) in [5.74, 6) is 0.145. The Balaban J connectivity index is 1.94. The molecule has 94 valence electrons. The molecule has 2 unspecified atom stereocenters. The minimum Gasteiger partial charge on any atom is -0.481 e. The van der Waals surface area contributed by atoms with Crippen molar-refractivity contribution in [3.05, 3.63) is 11.7 Å². The molecule has 1 heterocycles. The first-order valence-corrected chi connectivity index (χ1v) is 5.83. The number of aromatic nitrogens is 2. The van der Waals surface area contributed by atoms with Crippen molar-refractivity contribution in [1.29, 1.82) is 0 Å². The van der Waals surface area contributed by atoms with Crippen LogP contribution in [0, 0.1) is 5.92 Å². The molecule has 0 radical (unpaired) electrons. The Hall–Kier alpha value is -1.43. The topological polar surface area (TPSA) is 85.5 Å². The fourth-order valence-electron chi connectivity index (χ4n) is 2.12. The molecule has 2 rings (SSSR count). The second-order valence-corrected chi connectivity index (χ2v) is 4.23. The molecule has 1 aliphatic rings. The van der Waals surface area contributed by atoms with E-state index >= 15 is 0 Å². The summed E-state index contributed by atoms with van der Waals surface area (Å²) >= 11 is 0. The normalized spacial score (nSPS) is 24.1. The first kappa shape index (κ1) is 12.0. The Bertz CT molecular complexity index is 391. The fourth-order valence-corrected chi connectivity index (χ4v) is 2.12. The molecule has 1 saturated carbocycles. The van der Waals surface area contributed by atoms with Crippen LogP contribution in [0.5, 0.6) is 0 Å². The van der Waals surface area contributed by atoms with Crippen LogP contribution in [0.4, 0.5) is 0 Å². The average molecular weight is 240 g/mol. The number of rotatable bonds is 5. The molecule has 0 spiro atoms. The quantitative estimate of drug-likeness (QED) is 0.840. The van der Waals surface area contributed by atoms with Gasteiger partial charge in [0.05, 0.1) is 5.92 Å². The molecule has 1 aromatic rings. The molecule has 1 aromatic heterocycles. The summed E-state index contributed by atoms with van der Waals surface area (Å²) in [4.78, 5) is 15.1. The van der Waals surface area contributed by atoms with Gasteiger partial charge in [0.1, 0.15) is 6.61 Å². The number of aliphatic carboxylic acids is 1. The highest BCUT2D eigenvalue weighted by atomic mass is 16.5. The Morgan fingerprint density at radius 1 is 1.59 bits per heavy atom. The second kappa shape index (κ2) is 5.27. The van der Waals surface area contributed by atoms with Crippen LogP contribution in [0.25, 0.3) is 0 Å². The molecule has 6 heteroatoms. The van der Waals surface area contributed by atoms with Crippen LogP contribution < -0.4 is 0 Å². The number of ether oxygens (including phenoxy) is 1. The van der Waals surface area contributed by atoms with E-state index in [0.29, 0.717) is 37.8 Å². The SMILES string of the molecule is CCOCc1noc(C2CCC(C(=O)O)C2)n1. The van der Waals surface area contributed by atoms with Crippen LogP contribution >= 0.6 is 0 Å². The molecule has 0 amide bonds. The third-order valence-corrected chi connectivity index (χ3v) is 3.05. The van der Waals surface area contributed by atoms with Crippen molar-refractivity contribution < 1.29 is 19.2 Å². The van der Waals surface area contributed by atoms with Gasteiger partial charge in [0.2, 0.25) is 5.89 Å². The minimum atomic E-state index is -0.735. The molecule has 17 heavy (non-hydrogen) atoms. The summed E-state index contributed by atoms with van der Waals surface area (Å²) in [6.45, 7) is 2.85. The highest BCUT2D eigenvalue weighted by Crippen LogP contribution is 2.37. The number of nitrogens with zero attached hydrogens (tertiary/aromatic N) is 2. The van der Waals surface area contributed by atoms with E-state index in [-0.39, 0.29) is 11.8 Å². The lowest BCUT2D eigenvalue weighted by atomic mass is 10.1. The zero-order chi connectivity index (χ0) is 12.3. The Labute approximate surface area is 99.0 Å². The van der Waals surface area contributed by atoms with Gasteiger partial charge in [-0.05, 0) is 26.2 Å². The van der Waals surface area contributed by atoms with Crippen LogP contribution in [-0.4, -0.2) is 27.8 Å². The lowest BCUT2D eigenvalue weighted by Crippen LogP contribution is -2.09. The molecule has 1 fully saturated rings. The van der Waals surface area contributed by atoms with E-state index in [9.17, 15) is 4.79 Å². The van der Waals surface area contributed by atoms with Crippen molar-refractivity contribution in [2.75, 3.05) is 6.61 Å². The lowest BCUT2D eigenvalue weighted by molar-refractivity contribution is -0.141. The van der Waals surface area contributed by atoms with E-state index in [1.54, 1.807) is 0 Å². The van der Waals surface area contributed by atoms with Gasteiger partial charge in [0.15, 0.2) is 5.82 Å². The van der Waals surface area contributed by atoms with Crippen LogP contribution in [0.15, 0.2) is 4.52 Å². The molecular formula is C11H16N2O4. The van der Waals surface area contributed by atoms with Gasteiger partial charge in [0, 0.05) is 12.5 Å². The summed E-state index contributed by atoms with van der Waals surface area (Å²) in [5, 5.41) is 12.7. The maximum Gasteiger partial charge on any atom is 0.306 e. The number of hydrogen-bond acceptors (Lipinski definition) is 5. The largest absolute Gasteiger partial charge is 0.481 e. The van der Waals surface area contributed by atoms with E-state index in [4.69, 9.17) is 14.4 Å². The lowest BCUT2D eigenvalue weighted by Gasteiger charge is -2.02. The predicted octanol–water partition coefficient (Wildman–Crippen LogP) is 1.57. The molecule has 1 N–H and O–H groups in total. The summed E-state index contributed by atoms with van der Waals surface area (Å²) in [7, 11) is 0. The first-order valence-electron chi connectivity index (χ1n) is 5.83. The van der Waals surface area contributed by atoms with Crippen molar-refractivity contribution in [2.24, 2.45) is 5.92 Å². The number of hydrogen-bond donors (Lipinski definition) is 1. The average Bonchev–Trinajstić information content (AvgIpc) is 2.94. The second-order valence-electron chi connectivity index (χ2n) is 4.23. The van der Waals surface area contributed by atoms with Gasteiger partial charge in [-0.25, -0.2) is 0 Å². The van der Waals surface area contributed by atoms with Crippen molar-refractivity contribution in [1.82, 2.24) is 10.1 Å². The van der Waals surface area contributed by atoms with Crippen molar-refractivity contribution >= 4 is 5.97 Å². The smallest absolute Gasteiger partial charge is 0.306 e. The van der Waals surface area contributed by atoms with Gasteiger partial charge in [-0.3, -0.25) is 4.79 Å². The van der Waals surface area contributed by atoms with E-state index in [0.717, 1.165) is 6.42 Å². The Morgan fingerprint density at radius 3 is 3.06 bits per heavy atom. The van der Waals surface area contributed by atoms with E-state index in [1.165, 1.54) is 0 Å². The van der Waals surface area contributed by atoms with Gasteiger partial charge in [-0.2, -0.15) is 4.98 Å². The Morgan fingerprint density at radius 2 is 2.41 bits per heavy atom. The molecule has 0 saturated heterocycles. The predicted molar refractivity (Wildman–Crippen MR) is 57.3 cm³/mol. The van der Waals surface area contributed by atoms with E-state index < -0.39 is 5.97 Å². The minimum absolute atomic E-state index is 0.0824. The van der Waals surface area contributed by atoms with Gasteiger partial charge in [0.25, 0.3) is 0 Å². The molecule has 6 nitrogen and oxygen atoms in total. The maximum atomic E-state index is 10.8. The standard InChI is InChI=1S/C11H16N2O4/c1-2-16-6-9-12-10(17-13-9)7-3-4-8(5-7)11(14)15/h7-8H,2-6H2,1H3,(H,14,15). The zero-order valence-corrected chi connectivity index (χ0v) is 9.76. The van der Waals surface area contributed by atoms with Gasteiger partial charge >= 0.3 is 5.97 Å². The summed E-state index contributed by atoms with van der Waals surface area (Å²) in [6.07, 6.45) is 2.07. The molecule has 0 bridgehead atoms. The highest BCUT2D eigenvalue weighted by molar-refractivity contribution is 5.70. The van der Waals surface area contributed by atoms with Gasteiger partial charge < -0.3 is 14.4 Å². The fraction of sp³-hybridized carbons (Fsp3) is 0.727. The Kier molecular flexibility index (Phi) is 3.73. The molecular weight excluding hydrogens is 224 g/mol. The first-order chi connectivity index (χ1) is 8.20. The molecule has 2 atom stereocenters. The molecule has 0 aliphatic heterocycles. The summed E-state index contributed by atoms with van der Waals surface area (Å²) in [6, 6.07) is 0. The van der Waals surface area contributed by atoms with Crippen molar-refractivity contribution in [2.45, 2.75) is 38.7 Å². The van der Waals surface area contributed by atoms with Crippen molar-refractivity contribution in [3.63, 3.8) is 0 Å². The summed E-state index contributed by atoms with van der Waals surface area (Å²) < 4.78 is 10.3. The molecule has 1 aliphatic carbocycles. The van der Waals surface area contributed by atoms with Crippen molar-refractivity contribution in [3.8, 4) is 0 Å². The van der Waals surface area contributed by atoms with Crippen LogP contribution in [0.1, 0.15) is 43.8 Å². The summed E-state index contributed by atoms with van der Waals surface area (Å²) in [5.41, 5.74) is 0. The van der Waals surface area contributed by atoms with Crippen LogP contribution in [0.2, 0.25) is 0 Å².